The van der Waals surface area contributed by atoms with Crippen LogP contribution in [0.15, 0.2) is 49.1 Å². The molecule has 8 heteroatoms. The number of hydrogen-bond acceptors (Lipinski definition) is 7. The van der Waals surface area contributed by atoms with Crippen LogP contribution in [0.3, 0.4) is 0 Å². The number of pyridine rings is 1. The summed E-state index contributed by atoms with van der Waals surface area (Å²) in [5, 5.41) is 0. The summed E-state index contributed by atoms with van der Waals surface area (Å²) in [6, 6.07) is 8.99. The third kappa shape index (κ3) is 4.04. The van der Waals surface area contributed by atoms with Crippen LogP contribution in [-0.2, 0) is 0 Å². The van der Waals surface area contributed by atoms with Gasteiger partial charge in [0.15, 0.2) is 5.82 Å². The van der Waals surface area contributed by atoms with Crippen molar-refractivity contribution in [1.82, 2.24) is 20.4 Å². The summed E-state index contributed by atoms with van der Waals surface area (Å²) in [5.41, 5.74) is 14.0. The quantitative estimate of drug-likeness (QED) is 0.606. The molecule has 0 aliphatic carbocycles. The maximum absolute atomic E-state index is 12.1. The fraction of sp³-hybridized carbons (Fsp3) is 0.111. The molecule has 0 atom stereocenters. The van der Waals surface area contributed by atoms with Gasteiger partial charge in [0.2, 0.25) is 5.88 Å². The first kappa shape index (κ1) is 17.2. The lowest BCUT2D eigenvalue weighted by molar-refractivity contribution is 0.0962. The van der Waals surface area contributed by atoms with E-state index in [2.05, 4.69) is 25.8 Å². The summed E-state index contributed by atoms with van der Waals surface area (Å²) in [5.74, 6) is 0.717. The molecule has 1 amide bonds. The van der Waals surface area contributed by atoms with Crippen molar-refractivity contribution < 1.29 is 9.53 Å². The Morgan fingerprint density at radius 3 is 2.46 bits per heavy atom. The summed E-state index contributed by atoms with van der Waals surface area (Å²) in [4.78, 5) is 24.0. The molecule has 4 N–H and O–H groups in total. The predicted octanol–water partition coefficient (Wildman–Crippen LogP) is 2.62. The van der Waals surface area contributed by atoms with Crippen molar-refractivity contribution in [3.8, 4) is 11.6 Å². The van der Waals surface area contributed by atoms with Crippen LogP contribution >= 0.6 is 0 Å². The van der Waals surface area contributed by atoms with E-state index in [9.17, 15) is 4.79 Å². The zero-order valence-electron chi connectivity index (χ0n) is 14.4. The minimum atomic E-state index is -0.345. The van der Waals surface area contributed by atoms with Gasteiger partial charge in [-0.3, -0.25) is 20.6 Å². The maximum atomic E-state index is 12.1. The molecule has 3 aromatic rings. The van der Waals surface area contributed by atoms with Crippen molar-refractivity contribution in [2.24, 2.45) is 0 Å². The molecule has 3 rings (SSSR count). The van der Waals surface area contributed by atoms with Gasteiger partial charge in [-0.05, 0) is 49.2 Å². The number of nitrogen functional groups attached to an aromatic ring is 1. The highest BCUT2D eigenvalue weighted by Gasteiger charge is 2.12. The van der Waals surface area contributed by atoms with Crippen LogP contribution in [0, 0.1) is 13.8 Å². The van der Waals surface area contributed by atoms with Crippen molar-refractivity contribution >= 4 is 17.4 Å². The van der Waals surface area contributed by atoms with Crippen LogP contribution in [0.1, 0.15) is 21.5 Å². The summed E-state index contributed by atoms with van der Waals surface area (Å²) in [7, 11) is 0. The Labute approximate surface area is 150 Å². The highest BCUT2D eigenvalue weighted by Crippen LogP contribution is 2.29. The number of aromatic nitrogens is 3. The number of benzene rings is 1. The van der Waals surface area contributed by atoms with E-state index in [1.54, 1.807) is 12.1 Å². The second-order valence-electron chi connectivity index (χ2n) is 5.68. The topological polar surface area (TPSA) is 115 Å². The van der Waals surface area contributed by atoms with E-state index < -0.39 is 0 Å². The average molecular weight is 350 g/mol. The minimum absolute atomic E-state index is 0.182. The molecule has 0 aliphatic heterocycles. The van der Waals surface area contributed by atoms with Crippen molar-refractivity contribution in [1.29, 1.82) is 0 Å². The van der Waals surface area contributed by atoms with E-state index in [4.69, 9.17) is 10.5 Å². The molecule has 0 saturated heterocycles. The largest absolute Gasteiger partial charge is 0.437 e. The molecule has 0 fully saturated rings. The first-order chi connectivity index (χ1) is 12.5. The van der Waals surface area contributed by atoms with Crippen LogP contribution in [0.25, 0.3) is 0 Å². The molecular weight excluding hydrogens is 332 g/mol. The summed E-state index contributed by atoms with van der Waals surface area (Å²) in [6.45, 7) is 3.95. The van der Waals surface area contributed by atoms with E-state index in [1.807, 2.05) is 32.0 Å². The molecule has 0 bridgehead atoms. The summed E-state index contributed by atoms with van der Waals surface area (Å²) < 4.78 is 5.77. The standard InChI is InChI=1S/C18H18N6O2/c1-11-7-12(2)9-14(8-11)26-18-15(19)16(21-10-22-18)23-24-17(25)13-3-5-20-6-4-13/h3-10H,19H2,1-2H3,(H,24,25)(H,21,22,23). The molecule has 8 nitrogen and oxygen atoms in total. The SMILES string of the molecule is Cc1cc(C)cc(Oc2ncnc(NNC(=O)c3ccncc3)c2N)c1. The van der Waals surface area contributed by atoms with Gasteiger partial charge in [-0.2, -0.15) is 4.98 Å². The number of ether oxygens (including phenoxy) is 1. The van der Waals surface area contributed by atoms with Gasteiger partial charge in [0, 0.05) is 18.0 Å². The number of rotatable bonds is 5. The molecule has 0 spiro atoms. The van der Waals surface area contributed by atoms with Crippen LogP contribution in [-0.4, -0.2) is 20.9 Å². The smallest absolute Gasteiger partial charge is 0.269 e. The van der Waals surface area contributed by atoms with Crippen LogP contribution in [0.2, 0.25) is 0 Å². The predicted molar refractivity (Wildman–Crippen MR) is 97.8 cm³/mol. The van der Waals surface area contributed by atoms with Gasteiger partial charge in [-0.15, -0.1) is 0 Å². The molecule has 0 unspecified atom stereocenters. The molecule has 26 heavy (non-hydrogen) atoms. The number of amides is 1. The Hall–Kier alpha value is -3.68. The van der Waals surface area contributed by atoms with Gasteiger partial charge in [-0.25, -0.2) is 4.98 Å². The van der Waals surface area contributed by atoms with Crippen LogP contribution in [0.4, 0.5) is 11.5 Å². The van der Waals surface area contributed by atoms with Crippen LogP contribution < -0.4 is 21.3 Å². The second kappa shape index (κ2) is 7.47. The monoisotopic (exact) mass is 350 g/mol. The Morgan fingerprint density at radius 2 is 1.77 bits per heavy atom. The molecule has 132 valence electrons. The number of hydrogen-bond donors (Lipinski definition) is 3. The third-order valence-corrected chi connectivity index (χ3v) is 3.49. The van der Waals surface area contributed by atoms with E-state index in [-0.39, 0.29) is 23.3 Å². The summed E-state index contributed by atoms with van der Waals surface area (Å²) >= 11 is 0. The highest BCUT2D eigenvalue weighted by molar-refractivity contribution is 5.94. The van der Waals surface area contributed by atoms with Gasteiger partial charge in [-0.1, -0.05) is 6.07 Å². The normalized spacial score (nSPS) is 10.2. The van der Waals surface area contributed by atoms with Crippen molar-refractivity contribution in [2.45, 2.75) is 13.8 Å². The summed E-state index contributed by atoms with van der Waals surface area (Å²) in [6.07, 6.45) is 4.36. The fourth-order valence-corrected chi connectivity index (χ4v) is 2.36. The van der Waals surface area contributed by atoms with Crippen molar-refractivity contribution in [3.05, 3.63) is 65.7 Å². The highest BCUT2D eigenvalue weighted by atomic mass is 16.5. The Bertz CT molecular complexity index is 910. The lowest BCUT2D eigenvalue weighted by Gasteiger charge is -2.13. The number of anilines is 2. The first-order valence-corrected chi connectivity index (χ1v) is 7.86. The van der Waals surface area contributed by atoms with Gasteiger partial charge in [0.05, 0.1) is 0 Å². The van der Waals surface area contributed by atoms with E-state index >= 15 is 0 Å². The number of nitrogens with one attached hydrogen (secondary N) is 2. The van der Waals surface area contributed by atoms with Gasteiger partial charge in [0.1, 0.15) is 17.8 Å². The number of hydrazine groups is 1. The lowest BCUT2D eigenvalue weighted by Crippen LogP contribution is -2.30. The minimum Gasteiger partial charge on any atom is -0.437 e. The number of carbonyl (C=O) groups is 1. The number of nitrogens with zero attached hydrogens (tertiary/aromatic N) is 3. The Balaban J connectivity index is 1.73. The molecule has 0 saturated carbocycles. The van der Waals surface area contributed by atoms with Gasteiger partial charge >= 0.3 is 0 Å². The first-order valence-electron chi connectivity index (χ1n) is 7.86. The zero-order valence-corrected chi connectivity index (χ0v) is 14.4. The van der Waals surface area contributed by atoms with E-state index in [0.29, 0.717) is 11.3 Å². The molecule has 2 heterocycles. The Morgan fingerprint density at radius 1 is 1.08 bits per heavy atom. The zero-order chi connectivity index (χ0) is 18.5. The molecule has 0 radical (unpaired) electrons. The van der Waals surface area contributed by atoms with Crippen molar-refractivity contribution in [3.63, 3.8) is 0 Å². The van der Waals surface area contributed by atoms with Crippen molar-refractivity contribution in [2.75, 3.05) is 11.2 Å². The molecule has 1 aromatic carbocycles. The number of nitrogens with two attached hydrogens (primary N) is 1. The third-order valence-electron chi connectivity index (χ3n) is 3.49. The lowest BCUT2D eigenvalue weighted by atomic mass is 10.1. The molecular formula is C18H18N6O2. The van der Waals surface area contributed by atoms with Gasteiger partial charge < -0.3 is 10.5 Å². The molecule has 0 aliphatic rings. The van der Waals surface area contributed by atoms with Crippen LogP contribution in [0.5, 0.6) is 11.6 Å². The number of aryl methyl sites for hydroxylation is 2. The van der Waals surface area contributed by atoms with E-state index in [1.165, 1.54) is 18.7 Å². The number of carbonyl (C=O) groups excluding carboxylic acids is 1. The Kier molecular flexibility index (Phi) is 4.93. The average Bonchev–Trinajstić information content (AvgIpc) is 2.62. The van der Waals surface area contributed by atoms with Gasteiger partial charge in [0.25, 0.3) is 5.91 Å². The molecule has 2 aromatic heterocycles. The maximum Gasteiger partial charge on any atom is 0.269 e. The fourth-order valence-electron chi connectivity index (χ4n) is 2.36. The van der Waals surface area contributed by atoms with E-state index in [0.717, 1.165) is 11.1 Å². The second-order valence-corrected chi connectivity index (χ2v) is 5.68.